The van der Waals surface area contributed by atoms with Crippen molar-refractivity contribution in [2.24, 2.45) is 0 Å². The number of anilines is 1. The molecule has 2 heterocycles. The fourth-order valence-corrected chi connectivity index (χ4v) is 4.00. The van der Waals surface area contributed by atoms with E-state index in [2.05, 4.69) is 20.4 Å². The lowest BCUT2D eigenvalue weighted by Gasteiger charge is -2.30. The summed E-state index contributed by atoms with van der Waals surface area (Å²) in [6, 6.07) is 12.6. The van der Waals surface area contributed by atoms with Crippen LogP contribution in [0.2, 0.25) is 0 Å². The zero-order chi connectivity index (χ0) is 22.6. The highest BCUT2D eigenvalue weighted by Crippen LogP contribution is 2.30. The fraction of sp³-hybridized carbons (Fsp3) is 0.360. The van der Waals surface area contributed by atoms with Crippen molar-refractivity contribution >= 4 is 11.7 Å². The van der Waals surface area contributed by atoms with Gasteiger partial charge in [-0.05, 0) is 68.2 Å². The Morgan fingerprint density at radius 3 is 2.82 bits per heavy atom. The Balaban J connectivity index is 1.21. The van der Waals surface area contributed by atoms with Crippen molar-refractivity contribution < 1.29 is 13.9 Å². The number of likely N-dealkylation sites (tertiary alicyclic amines) is 1. The molecule has 1 saturated carbocycles. The number of amides is 2. The topological polar surface area (TPSA) is 73.5 Å². The smallest absolute Gasteiger partial charge is 0.322 e. The number of hydrogen-bond donors (Lipinski definition) is 2. The molecule has 2 fully saturated rings. The van der Waals surface area contributed by atoms with Gasteiger partial charge in [0.15, 0.2) is 0 Å². The average Bonchev–Trinajstić information content (AvgIpc) is 3.47. The first-order valence-electron chi connectivity index (χ1n) is 11.5. The number of carbonyl (C=O) groups excluding carboxylic acids is 1. The average molecular weight is 450 g/mol. The molecule has 2 aromatic carbocycles. The van der Waals surface area contributed by atoms with Crippen LogP contribution in [-0.2, 0) is 6.54 Å². The van der Waals surface area contributed by atoms with Crippen molar-refractivity contribution in [1.82, 2.24) is 20.0 Å². The number of urea groups is 1. The van der Waals surface area contributed by atoms with E-state index in [0.717, 1.165) is 43.8 Å². The minimum absolute atomic E-state index is 0.205. The highest BCUT2D eigenvalue weighted by Gasteiger charge is 2.32. The number of nitrogens with zero attached hydrogens (tertiary/aromatic N) is 3. The standard InChI is InChI=1S/C25H28FN5O2/c26-24-14-20(5-8-23(24)19-15-27-28-16-19)29-25(32)31(21-6-7-21)17-18-3-1-4-22(13-18)33-12-11-30-9-2-10-30/h1,3-5,8,13-16,21H,2,6-7,9-12,17H2,(H,27,28)(H,29,32). The van der Waals surface area contributed by atoms with Crippen molar-refractivity contribution in [3.05, 3.63) is 66.2 Å². The van der Waals surface area contributed by atoms with Crippen LogP contribution in [-0.4, -0.2) is 58.3 Å². The Bertz CT molecular complexity index is 1100. The molecule has 1 aromatic heterocycles. The highest BCUT2D eigenvalue weighted by molar-refractivity contribution is 5.90. The molecule has 1 aliphatic carbocycles. The number of hydrogen-bond acceptors (Lipinski definition) is 4. The Kier molecular flexibility index (Phi) is 6.26. The molecule has 172 valence electrons. The van der Waals surface area contributed by atoms with Gasteiger partial charge in [-0.3, -0.25) is 10.00 Å². The molecule has 1 saturated heterocycles. The van der Waals surface area contributed by atoms with Crippen LogP contribution in [0.1, 0.15) is 24.8 Å². The molecule has 5 rings (SSSR count). The monoisotopic (exact) mass is 449 g/mol. The molecule has 8 heteroatoms. The minimum atomic E-state index is -0.407. The van der Waals surface area contributed by atoms with E-state index < -0.39 is 5.82 Å². The lowest BCUT2D eigenvalue weighted by Crippen LogP contribution is -2.39. The van der Waals surface area contributed by atoms with Crippen LogP contribution in [0.25, 0.3) is 11.1 Å². The number of rotatable bonds is 9. The Morgan fingerprint density at radius 2 is 2.12 bits per heavy atom. The molecular formula is C25H28FN5O2. The van der Waals surface area contributed by atoms with Crippen molar-refractivity contribution in [2.75, 3.05) is 31.6 Å². The molecule has 2 amide bonds. The molecule has 3 aromatic rings. The van der Waals surface area contributed by atoms with Gasteiger partial charge in [0, 0.05) is 42.1 Å². The van der Waals surface area contributed by atoms with E-state index in [1.165, 1.54) is 12.5 Å². The molecule has 0 atom stereocenters. The van der Waals surface area contributed by atoms with Gasteiger partial charge in [0.1, 0.15) is 18.2 Å². The molecule has 2 aliphatic rings. The lowest BCUT2D eigenvalue weighted by molar-refractivity contribution is 0.147. The van der Waals surface area contributed by atoms with Gasteiger partial charge in [-0.2, -0.15) is 5.10 Å². The van der Waals surface area contributed by atoms with Crippen molar-refractivity contribution in [3.63, 3.8) is 0 Å². The second kappa shape index (κ2) is 9.62. The lowest BCUT2D eigenvalue weighted by atomic mass is 10.1. The predicted molar refractivity (Wildman–Crippen MR) is 125 cm³/mol. The summed E-state index contributed by atoms with van der Waals surface area (Å²) in [4.78, 5) is 17.2. The number of aromatic amines is 1. The molecule has 7 nitrogen and oxygen atoms in total. The van der Waals surface area contributed by atoms with E-state index in [-0.39, 0.29) is 12.1 Å². The second-order valence-electron chi connectivity index (χ2n) is 8.66. The molecule has 33 heavy (non-hydrogen) atoms. The van der Waals surface area contributed by atoms with Gasteiger partial charge in [-0.15, -0.1) is 0 Å². The van der Waals surface area contributed by atoms with E-state index in [4.69, 9.17) is 4.74 Å². The fourth-order valence-electron chi connectivity index (χ4n) is 4.00. The summed E-state index contributed by atoms with van der Waals surface area (Å²) in [5, 5.41) is 9.40. The molecule has 1 aliphatic heterocycles. The molecule has 0 bridgehead atoms. The molecule has 0 radical (unpaired) electrons. The van der Waals surface area contributed by atoms with Crippen LogP contribution < -0.4 is 10.1 Å². The third-order valence-corrected chi connectivity index (χ3v) is 6.15. The largest absolute Gasteiger partial charge is 0.492 e. The summed E-state index contributed by atoms with van der Waals surface area (Å²) >= 11 is 0. The number of H-pyrrole nitrogens is 1. The van der Waals surface area contributed by atoms with Gasteiger partial charge in [0.05, 0.1) is 6.20 Å². The predicted octanol–water partition coefficient (Wildman–Crippen LogP) is 4.50. The molecule has 0 unspecified atom stereocenters. The number of aromatic nitrogens is 2. The van der Waals surface area contributed by atoms with Crippen LogP contribution in [0, 0.1) is 5.82 Å². The highest BCUT2D eigenvalue weighted by atomic mass is 19.1. The zero-order valence-electron chi connectivity index (χ0n) is 18.5. The summed E-state index contributed by atoms with van der Waals surface area (Å²) in [5.74, 6) is 0.413. The third kappa shape index (κ3) is 5.34. The van der Waals surface area contributed by atoms with Crippen molar-refractivity contribution in [3.8, 4) is 16.9 Å². The Labute approximate surface area is 192 Å². The maximum Gasteiger partial charge on any atom is 0.322 e. The first-order valence-corrected chi connectivity index (χ1v) is 11.5. The normalized spacial score (nSPS) is 15.7. The van der Waals surface area contributed by atoms with Crippen LogP contribution in [0.3, 0.4) is 0 Å². The van der Waals surface area contributed by atoms with Crippen molar-refractivity contribution in [2.45, 2.75) is 31.8 Å². The number of halogens is 1. The van der Waals surface area contributed by atoms with E-state index in [9.17, 15) is 9.18 Å². The first kappa shape index (κ1) is 21.5. The van der Waals surface area contributed by atoms with E-state index in [0.29, 0.717) is 30.0 Å². The zero-order valence-corrected chi connectivity index (χ0v) is 18.5. The SMILES string of the molecule is O=C(Nc1ccc(-c2cn[nH]c2)c(F)c1)N(Cc1cccc(OCCN2CCC2)c1)C1CC1. The van der Waals surface area contributed by atoms with E-state index in [1.54, 1.807) is 24.5 Å². The van der Waals surface area contributed by atoms with Crippen LogP contribution in [0.5, 0.6) is 5.75 Å². The summed E-state index contributed by atoms with van der Waals surface area (Å²) in [5.41, 5.74) is 2.54. The van der Waals surface area contributed by atoms with Gasteiger partial charge in [0.2, 0.25) is 0 Å². The Hall–Kier alpha value is -3.39. The first-order chi connectivity index (χ1) is 16.2. The Morgan fingerprint density at radius 1 is 1.24 bits per heavy atom. The van der Waals surface area contributed by atoms with Crippen LogP contribution in [0.4, 0.5) is 14.9 Å². The number of ether oxygens (including phenoxy) is 1. The van der Waals surface area contributed by atoms with Gasteiger partial charge >= 0.3 is 6.03 Å². The number of nitrogens with one attached hydrogen (secondary N) is 2. The summed E-state index contributed by atoms with van der Waals surface area (Å²) in [6.45, 7) is 4.40. The van der Waals surface area contributed by atoms with Gasteiger partial charge in [-0.1, -0.05) is 12.1 Å². The van der Waals surface area contributed by atoms with Gasteiger partial charge in [0.25, 0.3) is 0 Å². The maximum atomic E-state index is 14.6. The summed E-state index contributed by atoms with van der Waals surface area (Å²) in [6.07, 6.45) is 6.43. The van der Waals surface area contributed by atoms with E-state index >= 15 is 0 Å². The van der Waals surface area contributed by atoms with E-state index in [1.807, 2.05) is 29.2 Å². The second-order valence-corrected chi connectivity index (χ2v) is 8.66. The quantitative estimate of drug-likeness (QED) is 0.505. The third-order valence-electron chi connectivity index (χ3n) is 6.15. The molecule has 0 spiro atoms. The van der Waals surface area contributed by atoms with Crippen LogP contribution in [0.15, 0.2) is 54.9 Å². The molecular weight excluding hydrogens is 421 g/mol. The van der Waals surface area contributed by atoms with Gasteiger partial charge < -0.3 is 15.0 Å². The summed E-state index contributed by atoms with van der Waals surface area (Å²) < 4.78 is 20.5. The summed E-state index contributed by atoms with van der Waals surface area (Å²) in [7, 11) is 0. The molecule has 2 N–H and O–H groups in total. The number of benzene rings is 2. The minimum Gasteiger partial charge on any atom is -0.492 e. The van der Waals surface area contributed by atoms with Gasteiger partial charge in [-0.25, -0.2) is 9.18 Å². The number of carbonyl (C=O) groups is 1. The van der Waals surface area contributed by atoms with Crippen LogP contribution >= 0.6 is 0 Å². The van der Waals surface area contributed by atoms with Crippen molar-refractivity contribution in [1.29, 1.82) is 0 Å². The maximum absolute atomic E-state index is 14.6.